The summed E-state index contributed by atoms with van der Waals surface area (Å²) in [5, 5.41) is 0. The number of methoxy groups -OCH3 is 2. The molecule has 0 spiro atoms. The normalized spacial score (nSPS) is 18.8. The second-order valence-corrected chi connectivity index (χ2v) is 11.8. The molecule has 0 unspecified atom stereocenters. The van der Waals surface area contributed by atoms with Gasteiger partial charge in [-0.25, -0.2) is 4.98 Å². The first kappa shape index (κ1) is 30.0. The summed E-state index contributed by atoms with van der Waals surface area (Å²) in [5.74, 6) is 1.30. The number of fused-ring (bicyclic) bond motifs is 1. The largest absolute Gasteiger partial charge is 0.469 e. The van der Waals surface area contributed by atoms with Crippen molar-refractivity contribution in [2.45, 2.75) is 63.5 Å². The van der Waals surface area contributed by atoms with Crippen molar-refractivity contribution in [3.05, 3.63) is 59.9 Å². The van der Waals surface area contributed by atoms with Crippen molar-refractivity contribution in [3.8, 4) is 0 Å². The Morgan fingerprint density at radius 1 is 1.02 bits per heavy atom. The Bertz CT molecular complexity index is 1330. The van der Waals surface area contributed by atoms with E-state index in [9.17, 15) is 9.59 Å². The number of para-hydroxylation sites is 2. The minimum Gasteiger partial charge on any atom is -0.469 e. The smallest absolute Gasteiger partial charge is 0.308 e. The van der Waals surface area contributed by atoms with Crippen LogP contribution in [0.3, 0.4) is 0 Å². The third-order valence-corrected chi connectivity index (χ3v) is 8.82. The van der Waals surface area contributed by atoms with Crippen LogP contribution in [0, 0.1) is 5.92 Å². The SMILES string of the molecule is COCCCn1c([C@@H]2CCCN(C(=O)C[C@H](N)Cc3ccc(N4CCC(C(=O)OC)CC4)cc3)C2)nc2ccccc21. The Kier molecular flexibility index (Phi) is 10.1. The number of hydrogen-bond donors (Lipinski definition) is 1. The number of ether oxygens (including phenoxy) is 2. The van der Waals surface area contributed by atoms with E-state index in [4.69, 9.17) is 20.2 Å². The number of piperidine rings is 2. The van der Waals surface area contributed by atoms with Crippen molar-refractivity contribution in [3.63, 3.8) is 0 Å². The summed E-state index contributed by atoms with van der Waals surface area (Å²) in [7, 11) is 3.19. The second-order valence-electron chi connectivity index (χ2n) is 11.8. The zero-order chi connectivity index (χ0) is 29.5. The molecule has 0 radical (unpaired) electrons. The lowest BCUT2D eigenvalue weighted by molar-refractivity contribution is -0.146. The van der Waals surface area contributed by atoms with E-state index >= 15 is 0 Å². The van der Waals surface area contributed by atoms with Crippen molar-refractivity contribution in [2.75, 3.05) is 51.9 Å². The van der Waals surface area contributed by atoms with Gasteiger partial charge in [0.15, 0.2) is 0 Å². The highest BCUT2D eigenvalue weighted by atomic mass is 16.5. The number of carbonyl (C=O) groups excluding carboxylic acids is 2. The number of carbonyl (C=O) groups is 2. The van der Waals surface area contributed by atoms with E-state index in [1.807, 2.05) is 11.0 Å². The summed E-state index contributed by atoms with van der Waals surface area (Å²) in [6.07, 6.45) is 5.52. The topological polar surface area (TPSA) is 103 Å². The highest BCUT2D eigenvalue weighted by Crippen LogP contribution is 2.30. The van der Waals surface area contributed by atoms with E-state index in [1.54, 1.807) is 7.11 Å². The van der Waals surface area contributed by atoms with Gasteiger partial charge >= 0.3 is 5.97 Å². The Morgan fingerprint density at radius 3 is 2.52 bits per heavy atom. The Balaban J connectivity index is 1.15. The van der Waals surface area contributed by atoms with Gasteiger partial charge in [-0.15, -0.1) is 0 Å². The minimum atomic E-state index is -0.238. The van der Waals surface area contributed by atoms with E-state index in [1.165, 1.54) is 7.11 Å². The summed E-state index contributed by atoms with van der Waals surface area (Å²) in [6, 6.07) is 16.5. The monoisotopic (exact) mass is 575 g/mol. The maximum Gasteiger partial charge on any atom is 0.308 e. The van der Waals surface area contributed by atoms with Crippen LogP contribution >= 0.6 is 0 Å². The van der Waals surface area contributed by atoms with Crippen LogP contribution in [0.25, 0.3) is 11.0 Å². The highest BCUT2D eigenvalue weighted by molar-refractivity contribution is 5.78. The molecule has 2 atom stereocenters. The molecule has 0 aliphatic carbocycles. The number of aryl methyl sites for hydroxylation is 1. The molecule has 1 amide bonds. The Labute approximate surface area is 249 Å². The maximum absolute atomic E-state index is 13.4. The maximum atomic E-state index is 13.4. The van der Waals surface area contributed by atoms with Gasteiger partial charge in [-0.1, -0.05) is 24.3 Å². The molecule has 3 heterocycles. The molecule has 3 aromatic rings. The summed E-state index contributed by atoms with van der Waals surface area (Å²) < 4.78 is 12.5. The third-order valence-electron chi connectivity index (χ3n) is 8.82. The average Bonchev–Trinajstić information content (AvgIpc) is 3.40. The average molecular weight is 576 g/mol. The number of likely N-dealkylation sites (tertiary alicyclic amines) is 1. The summed E-state index contributed by atoms with van der Waals surface area (Å²) >= 11 is 0. The fourth-order valence-electron chi connectivity index (χ4n) is 6.53. The molecule has 2 aliphatic heterocycles. The molecule has 1 aromatic heterocycles. The van der Waals surface area contributed by atoms with Crippen molar-refractivity contribution < 1.29 is 19.1 Å². The van der Waals surface area contributed by atoms with Crippen LogP contribution in [0.4, 0.5) is 5.69 Å². The molecule has 0 bridgehead atoms. The molecule has 2 aliphatic rings. The quantitative estimate of drug-likeness (QED) is 0.271. The lowest BCUT2D eigenvalue weighted by Crippen LogP contribution is -2.42. The van der Waals surface area contributed by atoms with Crippen molar-refractivity contribution in [2.24, 2.45) is 11.7 Å². The van der Waals surface area contributed by atoms with Crippen LogP contribution in [0.1, 0.15) is 55.8 Å². The molecule has 2 N–H and O–H groups in total. The molecule has 2 fully saturated rings. The molecule has 9 heteroatoms. The molecule has 226 valence electrons. The molecule has 2 aromatic carbocycles. The molecule has 42 heavy (non-hydrogen) atoms. The van der Waals surface area contributed by atoms with E-state index in [0.717, 1.165) is 86.4 Å². The van der Waals surface area contributed by atoms with Gasteiger partial charge in [0.25, 0.3) is 0 Å². The molecule has 5 rings (SSSR count). The van der Waals surface area contributed by atoms with Gasteiger partial charge in [0, 0.05) is 70.5 Å². The molecular weight excluding hydrogens is 530 g/mol. The number of imidazole rings is 1. The number of aromatic nitrogens is 2. The molecule has 0 saturated carbocycles. The number of amides is 1. The summed E-state index contributed by atoms with van der Waals surface area (Å²) in [4.78, 5) is 34.5. The Morgan fingerprint density at radius 2 is 1.79 bits per heavy atom. The van der Waals surface area contributed by atoms with Crippen LogP contribution in [-0.2, 0) is 32.0 Å². The summed E-state index contributed by atoms with van der Waals surface area (Å²) in [6.45, 7) is 4.69. The van der Waals surface area contributed by atoms with Gasteiger partial charge in [-0.3, -0.25) is 9.59 Å². The van der Waals surface area contributed by atoms with Crippen molar-refractivity contribution in [1.29, 1.82) is 0 Å². The van der Waals surface area contributed by atoms with Gasteiger partial charge in [0.2, 0.25) is 5.91 Å². The minimum absolute atomic E-state index is 0.00136. The first-order valence-corrected chi connectivity index (χ1v) is 15.4. The first-order valence-electron chi connectivity index (χ1n) is 15.4. The van der Waals surface area contributed by atoms with Crippen LogP contribution in [0.5, 0.6) is 0 Å². The van der Waals surface area contributed by atoms with E-state index in [0.29, 0.717) is 26.0 Å². The van der Waals surface area contributed by atoms with Crippen LogP contribution in [-0.4, -0.2) is 79.4 Å². The van der Waals surface area contributed by atoms with Gasteiger partial charge in [0.1, 0.15) is 5.82 Å². The standard InChI is InChI=1S/C33H45N5O4/c1-41-20-6-17-38-30-9-4-3-8-29(30)35-32(38)26-7-5-16-37(23-26)31(39)22-27(34)21-24-10-12-28(13-11-24)36-18-14-25(15-19-36)33(40)42-2/h3-4,8-13,25-27H,5-7,14-23,34H2,1-2H3/t26-,27-/m1/s1. The van der Waals surface area contributed by atoms with Crippen LogP contribution in [0.15, 0.2) is 48.5 Å². The third kappa shape index (κ3) is 7.13. The zero-order valence-corrected chi connectivity index (χ0v) is 25.0. The van der Waals surface area contributed by atoms with E-state index < -0.39 is 0 Å². The molecule has 2 saturated heterocycles. The number of nitrogens with zero attached hydrogens (tertiary/aromatic N) is 4. The number of esters is 1. The predicted molar refractivity (Wildman–Crippen MR) is 164 cm³/mol. The number of rotatable bonds is 11. The van der Waals surface area contributed by atoms with E-state index in [-0.39, 0.29) is 29.8 Å². The number of anilines is 1. The van der Waals surface area contributed by atoms with Gasteiger partial charge in [0.05, 0.1) is 24.1 Å². The second kappa shape index (κ2) is 14.2. The van der Waals surface area contributed by atoms with Crippen molar-refractivity contribution in [1.82, 2.24) is 14.5 Å². The molecule has 9 nitrogen and oxygen atoms in total. The molecular formula is C33H45N5O4. The lowest BCUT2D eigenvalue weighted by atomic mass is 9.95. The fourth-order valence-corrected chi connectivity index (χ4v) is 6.53. The number of nitrogens with two attached hydrogens (primary N) is 1. The summed E-state index contributed by atoms with van der Waals surface area (Å²) in [5.41, 5.74) is 10.9. The van der Waals surface area contributed by atoms with E-state index in [2.05, 4.69) is 51.9 Å². The van der Waals surface area contributed by atoms with Gasteiger partial charge < -0.3 is 29.6 Å². The lowest BCUT2D eigenvalue weighted by Gasteiger charge is -2.33. The predicted octanol–water partition coefficient (Wildman–Crippen LogP) is 4.13. The Hall–Kier alpha value is -3.43. The van der Waals surface area contributed by atoms with Crippen LogP contribution in [0.2, 0.25) is 0 Å². The van der Waals surface area contributed by atoms with Crippen molar-refractivity contribution >= 4 is 28.6 Å². The first-order chi connectivity index (χ1) is 20.5. The number of benzene rings is 2. The fraction of sp³-hybridized carbons (Fsp3) is 0.545. The zero-order valence-electron chi connectivity index (χ0n) is 25.0. The van der Waals surface area contributed by atoms with Gasteiger partial charge in [-0.2, -0.15) is 0 Å². The number of hydrogen-bond acceptors (Lipinski definition) is 7. The van der Waals surface area contributed by atoms with Crippen LogP contribution < -0.4 is 10.6 Å². The van der Waals surface area contributed by atoms with Gasteiger partial charge in [-0.05, 0) is 68.4 Å². The highest BCUT2D eigenvalue weighted by Gasteiger charge is 2.29.